The van der Waals surface area contributed by atoms with Crippen molar-refractivity contribution in [2.24, 2.45) is 5.41 Å². The normalized spacial score (nSPS) is 18.9. The van der Waals surface area contributed by atoms with Crippen LogP contribution >= 0.6 is 7.94 Å². The zero-order chi connectivity index (χ0) is 20.2. The van der Waals surface area contributed by atoms with Crippen molar-refractivity contribution in [1.82, 2.24) is 0 Å². The van der Waals surface area contributed by atoms with E-state index in [4.69, 9.17) is 18.5 Å². The minimum absolute atomic E-state index is 0.0812. The molecule has 7 heteroatoms. The van der Waals surface area contributed by atoms with E-state index in [1.54, 1.807) is 31.4 Å². The average Bonchev–Trinajstić information content (AvgIpc) is 2.70. The second kappa shape index (κ2) is 8.58. The maximum absolute atomic E-state index is 13.5. The van der Waals surface area contributed by atoms with Gasteiger partial charge in [-0.15, -0.1) is 0 Å². The van der Waals surface area contributed by atoms with Gasteiger partial charge in [-0.3, -0.25) is 0 Å². The number of methoxy groups -OCH3 is 1. The summed E-state index contributed by atoms with van der Waals surface area (Å²) in [5.41, 5.74) is -0.0823. The van der Waals surface area contributed by atoms with Crippen LogP contribution in [-0.2, 0) is 25.2 Å². The molecule has 0 saturated carbocycles. The highest BCUT2D eigenvalue weighted by Crippen LogP contribution is 2.67. The SMILES string of the molecule is COc1ccc(C(C(=O)OCc2ccccc2)[P+]2([O-])OCC(C)(C)CO2)cc1. The summed E-state index contributed by atoms with van der Waals surface area (Å²) in [6.45, 7) is 4.46. The van der Waals surface area contributed by atoms with Gasteiger partial charge in [0.25, 0.3) is 7.94 Å². The molecule has 0 amide bonds. The fourth-order valence-electron chi connectivity index (χ4n) is 2.80. The van der Waals surface area contributed by atoms with Gasteiger partial charge >= 0.3 is 5.97 Å². The Morgan fingerprint density at radius 1 is 1.11 bits per heavy atom. The Morgan fingerprint density at radius 3 is 2.29 bits per heavy atom. The minimum atomic E-state index is -3.74. The van der Waals surface area contributed by atoms with Gasteiger partial charge in [-0.2, -0.15) is 0 Å². The molecule has 1 atom stereocenters. The quantitative estimate of drug-likeness (QED) is 0.540. The largest absolute Gasteiger partial charge is 0.630 e. The standard InChI is InChI=1S/C21H25O6P/c1-21(2)14-26-28(23,27-15-21)19(17-9-11-18(24-3)12-10-17)20(22)25-13-16-7-5-4-6-8-16/h4-12,19H,13-15H2,1-3H3. The molecule has 2 aromatic rings. The molecule has 1 unspecified atom stereocenters. The summed E-state index contributed by atoms with van der Waals surface area (Å²) >= 11 is 0. The van der Waals surface area contributed by atoms with Crippen LogP contribution in [-0.4, -0.2) is 26.3 Å². The summed E-state index contributed by atoms with van der Waals surface area (Å²) in [6.07, 6.45) is 0. The molecule has 28 heavy (non-hydrogen) atoms. The second-order valence-electron chi connectivity index (χ2n) is 7.52. The first-order chi connectivity index (χ1) is 13.3. The third-order valence-electron chi connectivity index (χ3n) is 4.47. The molecule has 3 rings (SSSR count). The number of ether oxygens (including phenoxy) is 2. The van der Waals surface area contributed by atoms with Crippen molar-refractivity contribution >= 4 is 13.9 Å². The summed E-state index contributed by atoms with van der Waals surface area (Å²) in [5.74, 6) is -0.0119. The molecule has 0 radical (unpaired) electrons. The van der Waals surface area contributed by atoms with E-state index in [1.165, 1.54) is 0 Å². The Balaban J connectivity index is 1.84. The van der Waals surface area contributed by atoms with Crippen molar-refractivity contribution in [3.05, 3.63) is 65.7 Å². The maximum atomic E-state index is 13.5. The van der Waals surface area contributed by atoms with Crippen LogP contribution in [0.3, 0.4) is 0 Å². The summed E-state index contributed by atoms with van der Waals surface area (Å²) in [4.78, 5) is 26.4. The molecule has 0 spiro atoms. The topological polar surface area (TPSA) is 77.1 Å². The van der Waals surface area contributed by atoms with Gasteiger partial charge in [-0.1, -0.05) is 56.3 Å². The van der Waals surface area contributed by atoms with Crippen molar-refractivity contribution in [2.75, 3.05) is 20.3 Å². The monoisotopic (exact) mass is 404 g/mol. The van der Waals surface area contributed by atoms with Crippen molar-refractivity contribution in [3.63, 3.8) is 0 Å². The van der Waals surface area contributed by atoms with E-state index in [1.807, 2.05) is 44.2 Å². The van der Waals surface area contributed by atoms with E-state index in [0.717, 1.165) is 5.56 Å². The van der Waals surface area contributed by atoms with Crippen LogP contribution in [0.4, 0.5) is 0 Å². The highest BCUT2D eigenvalue weighted by molar-refractivity contribution is 7.60. The Hall–Kier alpha value is -1.98. The van der Waals surface area contributed by atoms with Crippen molar-refractivity contribution < 1.29 is 28.2 Å². The van der Waals surface area contributed by atoms with E-state index < -0.39 is 19.6 Å². The van der Waals surface area contributed by atoms with E-state index in [2.05, 4.69) is 0 Å². The molecule has 0 aliphatic carbocycles. The number of carbonyl (C=O) groups is 1. The second-order valence-corrected chi connectivity index (χ2v) is 9.63. The van der Waals surface area contributed by atoms with Gasteiger partial charge < -0.3 is 14.4 Å². The first kappa shape index (κ1) is 20.7. The van der Waals surface area contributed by atoms with E-state index >= 15 is 0 Å². The average molecular weight is 404 g/mol. The smallest absolute Gasteiger partial charge is 0.357 e. The molecule has 0 bridgehead atoms. The molecular weight excluding hydrogens is 379 g/mol. The van der Waals surface area contributed by atoms with Gasteiger partial charge in [-0.05, 0) is 17.7 Å². The van der Waals surface area contributed by atoms with Gasteiger partial charge in [0.15, 0.2) is 0 Å². The summed E-state index contributed by atoms with van der Waals surface area (Å²) < 4.78 is 21.9. The van der Waals surface area contributed by atoms with E-state index in [0.29, 0.717) is 11.3 Å². The lowest BCUT2D eigenvalue weighted by Gasteiger charge is -2.40. The Labute approximate surface area is 166 Å². The van der Waals surface area contributed by atoms with Crippen molar-refractivity contribution in [2.45, 2.75) is 26.1 Å². The number of rotatable bonds is 6. The maximum Gasteiger partial charge on any atom is 0.357 e. The highest BCUT2D eigenvalue weighted by atomic mass is 31.2. The number of hydrogen-bond acceptors (Lipinski definition) is 6. The lowest BCUT2D eigenvalue weighted by molar-refractivity contribution is -0.237. The molecule has 1 fully saturated rings. The van der Waals surface area contributed by atoms with Crippen LogP contribution in [0.1, 0.15) is 30.6 Å². The molecule has 0 N–H and O–H groups in total. The molecule has 1 saturated heterocycles. The fraction of sp³-hybridized carbons (Fsp3) is 0.381. The van der Waals surface area contributed by atoms with Crippen LogP contribution in [0, 0.1) is 5.41 Å². The molecular formula is C21H25O6P. The van der Waals surface area contributed by atoms with Crippen LogP contribution in [0.25, 0.3) is 0 Å². The lowest BCUT2D eigenvalue weighted by Crippen LogP contribution is -2.39. The van der Waals surface area contributed by atoms with Crippen molar-refractivity contribution in [1.29, 1.82) is 0 Å². The van der Waals surface area contributed by atoms with Gasteiger partial charge in [-0.25, -0.2) is 13.8 Å². The summed E-state index contributed by atoms with van der Waals surface area (Å²) in [5, 5.41) is 0. The fourth-order valence-corrected chi connectivity index (χ4v) is 5.10. The van der Waals surface area contributed by atoms with E-state index in [-0.39, 0.29) is 25.2 Å². The van der Waals surface area contributed by atoms with Gasteiger partial charge in [0.1, 0.15) is 25.6 Å². The van der Waals surface area contributed by atoms with Crippen LogP contribution in [0.5, 0.6) is 5.75 Å². The third kappa shape index (κ3) is 4.89. The Bertz CT molecular complexity index is 780. The molecule has 2 aromatic carbocycles. The lowest BCUT2D eigenvalue weighted by atomic mass is 9.97. The molecule has 1 aliphatic heterocycles. The number of hydrogen-bond donors (Lipinski definition) is 0. The van der Waals surface area contributed by atoms with Crippen molar-refractivity contribution in [3.8, 4) is 5.75 Å². The number of carbonyl (C=O) groups excluding carboxylic acids is 1. The summed E-state index contributed by atoms with van der Waals surface area (Å²) in [7, 11) is -2.19. The minimum Gasteiger partial charge on any atom is -0.630 e. The predicted molar refractivity (Wildman–Crippen MR) is 105 cm³/mol. The van der Waals surface area contributed by atoms with Crippen LogP contribution in [0.2, 0.25) is 0 Å². The molecule has 0 aromatic heterocycles. The van der Waals surface area contributed by atoms with E-state index in [9.17, 15) is 9.69 Å². The zero-order valence-electron chi connectivity index (χ0n) is 16.3. The first-order valence-corrected chi connectivity index (χ1v) is 10.7. The van der Waals surface area contributed by atoms with Gasteiger partial charge in [0, 0.05) is 11.0 Å². The Kier molecular flexibility index (Phi) is 6.36. The highest BCUT2D eigenvalue weighted by Gasteiger charge is 2.53. The summed E-state index contributed by atoms with van der Waals surface area (Å²) in [6, 6.07) is 16.1. The number of benzene rings is 2. The third-order valence-corrected chi connectivity index (χ3v) is 6.58. The zero-order valence-corrected chi connectivity index (χ0v) is 17.2. The Morgan fingerprint density at radius 2 is 1.71 bits per heavy atom. The predicted octanol–water partition coefficient (Wildman–Crippen LogP) is 3.68. The molecule has 1 aliphatic rings. The van der Waals surface area contributed by atoms with Gasteiger partial charge in [0.2, 0.25) is 5.66 Å². The molecule has 6 nitrogen and oxygen atoms in total. The van der Waals surface area contributed by atoms with Crippen LogP contribution in [0.15, 0.2) is 54.6 Å². The van der Waals surface area contributed by atoms with Gasteiger partial charge in [0.05, 0.1) is 7.11 Å². The molecule has 1 heterocycles. The first-order valence-electron chi connectivity index (χ1n) is 9.06. The van der Waals surface area contributed by atoms with Crippen LogP contribution < -0.4 is 9.63 Å². The number of esters is 1. The molecule has 150 valence electrons.